The zero-order valence-electron chi connectivity index (χ0n) is 17.7. The maximum atomic E-state index is 12.8. The quantitative estimate of drug-likeness (QED) is 0.626. The molecule has 3 rings (SSSR count). The van der Waals surface area contributed by atoms with Crippen molar-refractivity contribution in [3.05, 3.63) is 64.7 Å². The molecule has 0 bridgehead atoms. The Kier molecular flexibility index (Phi) is 8.07. The minimum absolute atomic E-state index is 0.0420. The van der Waals surface area contributed by atoms with Crippen LogP contribution in [0.25, 0.3) is 0 Å². The summed E-state index contributed by atoms with van der Waals surface area (Å²) in [6, 6.07) is 13.4. The van der Waals surface area contributed by atoms with Crippen LogP contribution in [0.5, 0.6) is 0 Å². The summed E-state index contributed by atoms with van der Waals surface area (Å²) in [6.07, 6.45) is 0. The van der Waals surface area contributed by atoms with Gasteiger partial charge in [0.15, 0.2) is 0 Å². The van der Waals surface area contributed by atoms with Crippen LogP contribution < -0.4 is 10.0 Å². The average Bonchev–Trinajstić information content (AvgIpc) is 2.75. The molecule has 0 spiro atoms. The number of nitrogens with zero attached hydrogens (tertiary/aromatic N) is 1. The molecule has 2 aromatic rings. The Hall–Kier alpha value is -1.97. The van der Waals surface area contributed by atoms with Crippen LogP contribution in [-0.2, 0) is 14.8 Å². The van der Waals surface area contributed by atoms with Crippen LogP contribution in [0.2, 0.25) is 5.02 Å². The van der Waals surface area contributed by atoms with Crippen molar-refractivity contribution in [3.63, 3.8) is 0 Å². The second-order valence-electron chi connectivity index (χ2n) is 7.73. The first-order chi connectivity index (χ1) is 14.8. The molecule has 1 heterocycles. The fourth-order valence-electron chi connectivity index (χ4n) is 3.51. The Balaban J connectivity index is 1.75. The summed E-state index contributed by atoms with van der Waals surface area (Å²) in [4.78, 5) is 15.2. The molecule has 1 aliphatic heterocycles. The lowest BCUT2D eigenvalue weighted by Crippen LogP contribution is -2.43. The van der Waals surface area contributed by atoms with E-state index in [0.717, 1.165) is 18.7 Å². The van der Waals surface area contributed by atoms with Crippen molar-refractivity contribution in [2.75, 3.05) is 32.8 Å². The number of ether oxygens (including phenoxy) is 1. The lowest BCUT2D eigenvalue weighted by molar-refractivity contribution is 0.0162. The van der Waals surface area contributed by atoms with Gasteiger partial charge in [-0.05, 0) is 49.7 Å². The number of benzene rings is 2. The number of halogens is 1. The van der Waals surface area contributed by atoms with E-state index < -0.39 is 10.0 Å². The van der Waals surface area contributed by atoms with Gasteiger partial charge in [0.05, 0.1) is 24.2 Å². The third-order valence-electron chi connectivity index (χ3n) is 4.99. The van der Waals surface area contributed by atoms with Crippen molar-refractivity contribution in [2.24, 2.45) is 0 Å². The minimum Gasteiger partial charge on any atom is -0.379 e. The SMILES string of the molecule is CC(C)NS(=O)(=O)c1cccc(C(=O)NCC(c2ccc(Cl)cc2)N2CCOCC2)c1. The van der Waals surface area contributed by atoms with Gasteiger partial charge >= 0.3 is 0 Å². The first-order valence-corrected chi connectivity index (χ1v) is 12.1. The highest BCUT2D eigenvalue weighted by molar-refractivity contribution is 7.89. The minimum atomic E-state index is -3.68. The maximum absolute atomic E-state index is 12.8. The summed E-state index contributed by atoms with van der Waals surface area (Å²) < 4.78 is 32.9. The predicted molar refractivity (Wildman–Crippen MR) is 121 cm³/mol. The highest BCUT2D eigenvalue weighted by Crippen LogP contribution is 2.23. The van der Waals surface area contributed by atoms with E-state index in [9.17, 15) is 13.2 Å². The molecule has 168 valence electrons. The van der Waals surface area contributed by atoms with Crippen LogP contribution >= 0.6 is 11.6 Å². The van der Waals surface area contributed by atoms with Crippen LogP contribution in [0.1, 0.15) is 35.8 Å². The zero-order chi connectivity index (χ0) is 22.4. The van der Waals surface area contributed by atoms with Gasteiger partial charge in [0.1, 0.15) is 0 Å². The van der Waals surface area contributed by atoms with Crippen molar-refractivity contribution < 1.29 is 17.9 Å². The fourth-order valence-corrected chi connectivity index (χ4v) is 4.93. The molecular formula is C22H28ClN3O4S. The second-order valence-corrected chi connectivity index (χ2v) is 9.88. The summed E-state index contributed by atoms with van der Waals surface area (Å²) >= 11 is 6.04. The molecule has 2 N–H and O–H groups in total. The van der Waals surface area contributed by atoms with Gasteiger partial charge in [-0.2, -0.15) is 0 Å². The molecule has 2 aromatic carbocycles. The second kappa shape index (κ2) is 10.6. The van der Waals surface area contributed by atoms with E-state index in [-0.39, 0.29) is 22.9 Å². The number of morpholine rings is 1. The molecule has 1 unspecified atom stereocenters. The largest absolute Gasteiger partial charge is 0.379 e. The molecule has 1 saturated heterocycles. The monoisotopic (exact) mass is 465 g/mol. The molecule has 1 atom stereocenters. The number of carbonyl (C=O) groups is 1. The van der Waals surface area contributed by atoms with Crippen LogP contribution in [0.15, 0.2) is 53.4 Å². The molecule has 1 aliphatic rings. The molecule has 31 heavy (non-hydrogen) atoms. The summed E-state index contributed by atoms with van der Waals surface area (Å²) in [6.45, 7) is 6.67. The number of hydrogen-bond donors (Lipinski definition) is 2. The van der Waals surface area contributed by atoms with Gasteiger partial charge in [-0.1, -0.05) is 29.8 Å². The van der Waals surface area contributed by atoms with E-state index >= 15 is 0 Å². The smallest absolute Gasteiger partial charge is 0.251 e. The van der Waals surface area contributed by atoms with Crippen molar-refractivity contribution in [3.8, 4) is 0 Å². The molecule has 1 amide bonds. The Morgan fingerprint density at radius 1 is 1.13 bits per heavy atom. The average molecular weight is 466 g/mol. The molecule has 7 nitrogen and oxygen atoms in total. The van der Waals surface area contributed by atoms with Crippen LogP contribution in [0.4, 0.5) is 0 Å². The van der Waals surface area contributed by atoms with Gasteiger partial charge in [0, 0.05) is 36.3 Å². The fraction of sp³-hybridized carbons (Fsp3) is 0.409. The highest BCUT2D eigenvalue weighted by atomic mass is 35.5. The van der Waals surface area contributed by atoms with Gasteiger partial charge in [-0.15, -0.1) is 0 Å². The van der Waals surface area contributed by atoms with Crippen molar-refractivity contribution in [1.82, 2.24) is 14.9 Å². The molecular weight excluding hydrogens is 438 g/mol. The molecule has 9 heteroatoms. The van der Waals surface area contributed by atoms with Gasteiger partial charge < -0.3 is 10.1 Å². The highest BCUT2D eigenvalue weighted by Gasteiger charge is 2.24. The molecule has 0 aliphatic carbocycles. The standard InChI is InChI=1S/C22H28ClN3O4S/c1-16(2)25-31(28,29)20-5-3-4-18(14-20)22(27)24-15-21(26-10-12-30-13-11-26)17-6-8-19(23)9-7-17/h3-9,14,16,21,25H,10-13,15H2,1-2H3,(H,24,27). The summed E-state index contributed by atoms with van der Waals surface area (Å²) in [5.41, 5.74) is 1.34. The number of sulfonamides is 1. The normalized spacial score (nSPS) is 16.3. The summed E-state index contributed by atoms with van der Waals surface area (Å²) in [5.74, 6) is -0.325. The van der Waals surface area contributed by atoms with E-state index in [1.165, 1.54) is 12.1 Å². The number of rotatable bonds is 8. The van der Waals surface area contributed by atoms with E-state index in [0.29, 0.717) is 30.3 Å². The third kappa shape index (κ3) is 6.51. The van der Waals surface area contributed by atoms with Gasteiger partial charge in [-0.25, -0.2) is 13.1 Å². The Labute approximate surface area is 188 Å². The van der Waals surface area contributed by atoms with Crippen molar-refractivity contribution >= 4 is 27.5 Å². The number of carbonyl (C=O) groups excluding carboxylic acids is 1. The summed E-state index contributed by atoms with van der Waals surface area (Å²) in [5, 5.41) is 3.61. The Morgan fingerprint density at radius 2 is 1.81 bits per heavy atom. The lowest BCUT2D eigenvalue weighted by Gasteiger charge is -2.35. The van der Waals surface area contributed by atoms with Gasteiger partial charge in [-0.3, -0.25) is 9.69 Å². The van der Waals surface area contributed by atoms with Crippen molar-refractivity contribution in [1.29, 1.82) is 0 Å². The van der Waals surface area contributed by atoms with Crippen LogP contribution in [0, 0.1) is 0 Å². The van der Waals surface area contributed by atoms with Crippen LogP contribution in [-0.4, -0.2) is 58.1 Å². The van der Waals surface area contributed by atoms with E-state index in [4.69, 9.17) is 16.3 Å². The lowest BCUT2D eigenvalue weighted by atomic mass is 10.0. The van der Waals surface area contributed by atoms with E-state index in [1.54, 1.807) is 26.0 Å². The Morgan fingerprint density at radius 3 is 2.45 bits per heavy atom. The van der Waals surface area contributed by atoms with E-state index in [1.807, 2.05) is 24.3 Å². The molecule has 1 fully saturated rings. The number of amides is 1. The Bertz CT molecular complexity index is 990. The van der Waals surface area contributed by atoms with Gasteiger partial charge in [0.25, 0.3) is 5.91 Å². The molecule has 0 aromatic heterocycles. The number of hydrogen-bond acceptors (Lipinski definition) is 5. The third-order valence-corrected chi connectivity index (χ3v) is 6.90. The van der Waals surface area contributed by atoms with Crippen molar-refractivity contribution in [2.45, 2.75) is 30.8 Å². The molecule has 0 saturated carbocycles. The van der Waals surface area contributed by atoms with E-state index in [2.05, 4.69) is 14.9 Å². The molecule has 0 radical (unpaired) electrons. The predicted octanol–water partition coefficient (Wildman–Crippen LogP) is 2.83. The van der Waals surface area contributed by atoms with Gasteiger partial charge in [0.2, 0.25) is 10.0 Å². The number of nitrogens with one attached hydrogen (secondary N) is 2. The first-order valence-electron chi connectivity index (χ1n) is 10.2. The van der Waals surface area contributed by atoms with Crippen LogP contribution in [0.3, 0.4) is 0 Å². The first kappa shape index (κ1) is 23.7. The topological polar surface area (TPSA) is 87.7 Å². The summed E-state index contributed by atoms with van der Waals surface area (Å²) in [7, 11) is -3.68. The maximum Gasteiger partial charge on any atom is 0.251 e. The zero-order valence-corrected chi connectivity index (χ0v) is 19.2.